The molecule has 3 nitrogen and oxygen atoms in total. The highest BCUT2D eigenvalue weighted by molar-refractivity contribution is 4.85. The van der Waals surface area contributed by atoms with Gasteiger partial charge >= 0.3 is 0 Å². The molecule has 2 N–H and O–H groups in total. The SMILES string of the molecule is CC(CN)CCN1CCN2CCCCC2C1. The lowest BCUT2D eigenvalue weighted by atomic mass is 9.99. The van der Waals surface area contributed by atoms with E-state index < -0.39 is 0 Å². The van der Waals surface area contributed by atoms with Gasteiger partial charge in [0, 0.05) is 25.7 Å². The normalized spacial score (nSPS) is 30.0. The van der Waals surface area contributed by atoms with Crippen LogP contribution in [0, 0.1) is 5.92 Å². The first-order chi connectivity index (χ1) is 7.79. The number of nitrogens with two attached hydrogens (primary N) is 1. The molecule has 2 heterocycles. The molecule has 0 spiro atoms. The molecule has 0 aromatic heterocycles. The van der Waals surface area contributed by atoms with Crippen LogP contribution in [0.2, 0.25) is 0 Å². The molecule has 94 valence electrons. The van der Waals surface area contributed by atoms with Crippen LogP contribution in [0.3, 0.4) is 0 Å². The molecule has 2 rings (SSSR count). The van der Waals surface area contributed by atoms with Crippen molar-refractivity contribution in [3.63, 3.8) is 0 Å². The van der Waals surface area contributed by atoms with Gasteiger partial charge in [0.05, 0.1) is 0 Å². The van der Waals surface area contributed by atoms with Gasteiger partial charge in [-0.15, -0.1) is 0 Å². The Hall–Kier alpha value is -0.120. The highest BCUT2D eigenvalue weighted by atomic mass is 15.3. The Morgan fingerprint density at radius 3 is 2.94 bits per heavy atom. The standard InChI is InChI=1S/C13H27N3/c1-12(10-14)5-7-15-8-9-16-6-3-2-4-13(16)11-15/h12-13H,2-11,14H2,1H3. The molecule has 16 heavy (non-hydrogen) atoms. The van der Waals surface area contributed by atoms with E-state index in [9.17, 15) is 0 Å². The molecule has 0 amide bonds. The largest absolute Gasteiger partial charge is 0.330 e. The van der Waals surface area contributed by atoms with E-state index in [1.165, 1.54) is 58.4 Å². The number of nitrogens with zero attached hydrogens (tertiary/aromatic N) is 2. The minimum absolute atomic E-state index is 0.685. The lowest BCUT2D eigenvalue weighted by Crippen LogP contribution is -2.54. The van der Waals surface area contributed by atoms with Gasteiger partial charge in [-0.25, -0.2) is 0 Å². The highest BCUT2D eigenvalue weighted by Gasteiger charge is 2.28. The number of piperazine rings is 1. The lowest BCUT2D eigenvalue weighted by molar-refractivity contribution is 0.0472. The van der Waals surface area contributed by atoms with E-state index in [1.54, 1.807) is 0 Å². The maximum atomic E-state index is 5.67. The zero-order valence-corrected chi connectivity index (χ0v) is 10.7. The number of piperidine rings is 1. The van der Waals surface area contributed by atoms with Gasteiger partial charge in [-0.3, -0.25) is 4.90 Å². The third-order valence-electron chi connectivity index (χ3n) is 4.26. The first-order valence-corrected chi connectivity index (χ1v) is 6.96. The highest BCUT2D eigenvalue weighted by Crippen LogP contribution is 2.21. The first-order valence-electron chi connectivity index (χ1n) is 6.96. The first kappa shape index (κ1) is 12.3. The van der Waals surface area contributed by atoms with Crippen molar-refractivity contribution in [1.82, 2.24) is 9.80 Å². The van der Waals surface area contributed by atoms with E-state index in [1.807, 2.05) is 0 Å². The van der Waals surface area contributed by atoms with Gasteiger partial charge in [-0.2, -0.15) is 0 Å². The Morgan fingerprint density at radius 2 is 2.12 bits per heavy atom. The van der Waals surface area contributed by atoms with Gasteiger partial charge in [-0.1, -0.05) is 13.3 Å². The minimum atomic E-state index is 0.685. The summed E-state index contributed by atoms with van der Waals surface area (Å²) in [4.78, 5) is 5.35. The molecule has 0 radical (unpaired) electrons. The van der Waals surface area contributed by atoms with E-state index >= 15 is 0 Å². The number of fused-ring (bicyclic) bond motifs is 1. The van der Waals surface area contributed by atoms with Crippen molar-refractivity contribution in [3.8, 4) is 0 Å². The molecular weight excluding hydrogens is 198 g/mol. The topological polar surface area (TPSA) is 32.5 Å². The summed E-state index contributed by atoms with van der Waals surface area (Å²) in [6, 6.07) is 0.857. The molecule has 0 aromatic carbocycles. The van der Waals surface area contributed by atoms with E-state index in [4.69, 9.17) is 5.73 Å². The van der Waals surface area contributed by atoms with Gasteiger partial charge in [0.1, 0.15) is 0 Å². The number of rotatable bonds is 4. The second-order valence-corrected chi connectivity index (χ2v) is 5.62. The van der Waals surface area contributed by atoms with Gasteiger partial charge < -0.3 is 10.6 Å². The predicted octanol–water partition coefficient (Wildman–Crippen LogP) is 1.14. The second kappa shape index (κ2) is 5.99. The minimum Gasteiger partial charge on any atom is -0.330 e. The van der Waals surface area contributed by atoms with Crippen LogP contribution in [0.4, 0.5) is 0 Å². The van der Waals surface area contributed by atoms with Crippen molar-refractivity contribution in [2.45, 2.75) is 38.6 Å². The fraction of sp³-hybridized carbons (Fsp3) is 1.00. The Morgan fingerprint density at radius 1 is 1.25 bits per heavy atom. The molecule has 0 bridgehead atoms. The smallest absolute Gasteiger partial charge is 0.0223 e. The molecule has 2 atom stereocenters. The Labute approximate surface area is 100.0 Å². The third kappa shape index (κ3) is 3.19. The molecule has 2 aliphatic heterocycles. The maximum absolute atomic E-state index is 5.67. The average Bonchev–Trinajstić information content (AvgIpc) is 2.35. The molecular formula is C13H27N3. The maximum Gasteiger partial charge on any atom is 0.0223 e. The molecule has 2 fully saturated rings. The van der Waals surface area contributed by atoms with Crippen LogP contribution in [-0.4, -0.2) is 55.1 Å². The predicted molar refractivity (Wildman–Crippen MR) is 68.5 cm³/mol. The van der Waals surface area contributed by atoms with Crippen LogP contribution in [0.5, 0.6) is 0 Å². The summed E-state index contributed by atoms with van der Waals surface area (Å²) in [6.07, 6.45) is 5.54. The fourth-order valence-corrected chi connectivity index (χ4v) is 2.94. The molecule has 3 heteroatoms. The Kier molecular flexibility index (Phi) is 4.62. The molecule has 0 aliphatic carbocycles. The summed E-state index contributed by atoms with van der Waals surface area (Å²) in [6.45, 7) is 9.56. The lowest BCUT2D eigenvalue weighted by Gasteiger charge is -2.44. The second-order valence-electron chi connectivity index (χ2n) is 5.62. The fourth-order valence-electron chi connectivity index (χ4n) is 2.94. The van der Waals surface area contributed by atoms with Crippen LogP contribution < -0.4 is 5.73 Å². The quantitative estimate of drug-likeness (QED) is 0.779. The van der Waals surface area contributed by atoms with Crippen molar-refractivity contribution < 1.29 is 0 Å². The van der Waals surface area contributed by atoms with Crippen LogP contribution in [0.25, 0.3) is 0 Å². The van der Waals surface area contributed by atoms with Crippen LogP contribution in [-0.2, 0) is 0 Å². The molecule has 0 aromatic rings. The molecule has 2 aliphatic rings. The van der Waals surface area contributed by atoms with Gasteiger partial charge in [-0.05, 0) is 44.8 Å². The van der Waals surface area contributed by atoms with Gasteiger partial charge in [0.2, 0.25) is 0 Å². The van der Waals surface area contributed by atoms with Crippen molar-refractivity contribution in [2.24, 2.45) is 11.7 Å². The van der Waals surface area contributed by atoms with E-state index in [-0.39, 0.29) is 0 Å². The summed E-state index contributed by atoms with van der Waals surface area (Å²) in [5.41, 5.74) is 5.67. The number of hydrogen-bond acceptors (Lipinski definition) is 3. The zero-order valence-electron chi connectivity index (χ0n) is 10.7. The summed E-state index contributed by atoms with van der Waals surface area (Å²) >= 11 is 0. The van der Waals surface area contributed by atoms with Crippen molar-refractivity contribution in [3.05, 3.63) is 0 Å². The summed E-state index contributed by atoms with van der Waals surface area (Å²) < 4.78 is 0. The van der Waals surface area contributed by atoms with Crippen molar-refractivity contribution in [1.29, 1.82) is 0 Å². The summed E-state index contributed by atoms with van der Waals surface area (Å²) in [5, 5.41) is 0. The monoisotopic (exact) mass is 225 g/mol. The number of hydrogen-bond donors (Lipinski definition) is 1. The Bertz CT molecular complexity index is 207. The molecule has 0 saturated carbocycles. The average molecular weight is 225 g/mol. The third-order valence-corrected chi connectivity index (χ3v) is 4.26. The summed E-state index contributed by atoms with van der Waals surface area (Å²) in [5.74, 6) is 0.685. The van der Waals surface area contributed by atoms with Crippen LogP contribution in [0.15, 0.2) is 0 Å². The van der Waals surface area contributed by atoms with Crippen LogP contribution >= 0.6 is 0 Å². The molecule has 2 saturated heterocycles. The summed E-state index contributed by atoms with van der Waals surface area (Å²) in [7, 11) is 0. The van der Waals surface area contributed by atoms with Crippen LogP contribution in [0.1, 0.15) is 32.6 Å². The van der Waals surface area contributed by atoms with Gasteiger partial charge in [0.15, 0.2) is 0 Å². The van der Waals surface area contributed by atoms with E-state index in [2.05, 4.69) is 16.7 Å². The van der Waals surface area contributed by atoms with Gasteiger partial charge in [0.25, 0.3) is 0 Å². The van der Waals surface area contributed by atoms with E-state index in [0.29, 0.717) is 5.92 Å². The zero-order chi connectivity index (χ0) is 11.4. The van der Waals surface area contributed by atoms with Crippen molar-refractivity contribution >= 4 is 0 Å². The van der Waals surface area contributed by atoms with E-state index in [0.717, 1.165) is 12.6 Å². The molecule has 2 unspecified atom stereocenters. The Balaban J connectivity index is 1.72. The van der Waals surface area contributed by atoms with Crippen molar-refractivity contribution in [2.75, 3.05) is 39.3 Å².